The van der Waals surface area contributed by atoms with Gasteiger partial charge in [0.2, 0.25) is 0 Å². The number of ether oxygens (including phenoxy) is 1. The van der Waals surface area contributed by atoms with Crippen LogP contribution in [0, 0.1) is 0 Å². The number of hydrogen-bond acceptors (Lipinski definition) is 4. The van der Waals surface area contributed by atoms with Gasteiger partial charge in [0, 0.05) is 0 Å². The van der Waals surface area contributed by atoms with Gasteiger partial charge in [-0.3, -0.25) is 0 Å². The van der Waals surface area contributed by atoms with Crippen molar-refractivity contribution < 1.29 is 9.53 Å². The third-order valence-electron chi connectivity index (χ3n) is 2.24. The van der Waals surface area contributed by atoms with Crippen LogP contribution in [-0.4, -0.2) is 22.1 Å². The Morgan fingerprint density at radius 2 is 1.94 bits per heavy atom. The second-order valence-corrected chi connectivity index (χ2v) is 6.24. The van der Waals surface area contributed by atoms with E-state index in [-0.39, 0.29) is 10.6 Å². The van der Waals surface area contributed by atoms with Crippen LogP contribution in [0.15, 0.2) is 30.3 Å². The maximum Gasteiger partial charge on any atom is 0.329 e. The number of benzene rings is 1. The molecule has 0 radical (unpaired) electrons. The Hall–Kier alpha value is -0.610. The maximum absolute atomic E-state index is 11.7. The molecule has 2 nitrogen and oxygen atoms in total. The van der Waals surface area contributed by atoms with Crippen LogP contribution in [0.4, 0.5) is 0 Å². The van der Waals surface area contributed by atoms with Gasteiger partial charge in [-0.2, -0.15) is 0 Å². The van der Waals surface area contributed by atoms with Crippen LogP contribution >= 0.6 is 23.5 Å². The molecule has 1 heterocycles. The quantitative estimate of drug-likeness (QED) is 0.775. The molecule has 1 aromatic rings. The predicted octanol–water partition coefficient (Wildman–Crippen LogP) is 2.93. The van der Waals surface area contributed by atoms with Crippen LogP contribution in [0.5, 0.6) is 0 Å². The molecule has 86 valence electrons. The van der Waals surface area contributed by atoms with Crippen LogP contribution in [-0.2, 0) is 16.1 Å². The van der Waals surface area contributed by atoms with Crippen molar-refractivity contribution >= 4 is 29.5 Å². The van der Waals surface area contributed by atoms with Crippen molar-refractivity contribution in [3.8, 4) is 0 Å². The fourth-order valence-corrected chi connectivity index (χ4v) is 4.02. The largest absolute Gasteiger partial charge is 0.459 e. The van der Waals surface area contributed by atoms with Crippen molar-refractivity contribution in [3.05, 3.63) is 35.9 Å². The molecule has 0 aliphatic carbocycles. The monoisotopic (exact) mass is 254 g/mol. The third-order valence-corrected chi connectivity index (χ3v) is 5.10. The molecule has 1 saturated heterocycles. The number of rotatable bonds is 3. The Kier molecular flexibility index (Phi) is 4.60. The zero-order valence-electron chi connectivity index (χ0n) is 8.93. The molecule has 0 saturated carbocycles. The minimum atomic E-state index is -0.0847. The van der Waals surface area contributed by atoms with Gasteiger partial charge in [0.1, 0.15) is 11.2 Å². The molecule has 0 aromatic heterocycles. The highest BCUT2D eigenvalue weighted by Gasteiger charge is 2.23. The molecule has 0 spiro atoms. The summed E-state index contributed by atoms with van der Waals surface area (Å²) >= 11 is 3.39. The molecule has 1 fully saturated rings. The van der Waals surface area contributed by atoms with Gasteiger partial charge in [-0.25, -0.2) is 4.79 Å². The van der Waals surface area contributed by atoms with Crippen molar-refractivity contribution in [2.45, 2.75) is 17.6 Å². The van der Waals surface area contributed by atoms with Crippen LogP contribution in [0.1, 0.15) is 12.0 Å². The summed E-state index contributed by atoms with van der Waals surface area (Å²) in [5.41, 5.74) is 1.04. The van der Waals surface area contributed by atoms with E-state index >= 15 is 0 Å². The summed E-state index contributed by atoms with van der Waals surface area (Å²) in [5, 5.41) is 0. The van der Waals surface area contributed by atoms with E-state index < -0.39 is 0 Å². The van der Waals surface area contributed by atoms with E-state index in [0.717, 1.165) is 17.1 Å². The average molecular weight is 254 g/mol. The maximum atomic E-state index is 11.7. The summed E-state index contributed by atoms with van der Waals surface area (Å²) in [7, 11) is 0. The zero-order valence-corrected chi connectivity index (χ0v) is 10.6. The van der Waals surface area contributed by atoms with Crippen molar-refractivity contribution in [2.75, 3.05) is 11.5 Å². The lowest BCUT2D eigenvalue weighted by atomic mass is 10.2. The Morgan fingerprint density at radius 3 is 2.62 bits per heavy atom. The number of hydrogen-bond donors (Lipinski definition) is 0. The smallest absolute Gasteiger partial charge is 0.329 e. The highest BCUT2D eigenvalue weighted by Crippen LogP contribution is 2.31. The van der Waals surface area contributed by atoms with E-state index in [4.69, 9.17) is 4.74 Å². The predicted molar refractivity (Wildman–Crippen MR) is 69.6 cm³/mol. The molecule has 0 N–H and O–H groups in total. The van der Waals surface area contributed by atoms with Crippen LogP contribution in [0.3, 0.4) is 0 Å². The van der Waals surface area contributed by atoms with Crippen molar-refractivity contribution in [2.24, 2.45) is 0 Å². The summed E-state index contributed by atoms with van der Waals surface area (Å²) in [6.07, 6.45) is 1.19. The Labute approximate surface area is 104 Å². The summed E-state index contributed by atoms with van der Waals surface area (Å²) in [6.45, 7) is 0.386. The minimum absolute atomic E-state index is 0.0162. The summed E-state index contributed by atoms with van der Waals surface area (Å²) in [4.78, 5) is 11.7. The number of carbonyl (C=O) groups excluding carboxylic acids is 1. The summed E-state index contributed by atoms with van der Waals surface area (Å²) < 4.78 is 5.27. The fraction of sp³-hybridized carbons (Fsp3) is 0.417. The summed E-state index contributed by atoms with van der Waals surface area (Å²) in [6, 6.07) is 9.79. The van der Waals surface area contributed by atoms with E-state index in [9.17, 15) is 4.79 Å². The average Bonchev–Trinajstić information content (AvgIpc) is 2.38. The lowest BCUT2D eigenvalue weighted by Crippen LogP contribution is -2.20. The minimum Gasteiger partial charge on any atom is -0.459 e. The van der Waals surface area contributed by atoms with Crippen LogP contribution < -0.4 is 0 Å². The van der Waals surface area contributed by atoms with E-state index in [1.807, 2.05) is 30.3 Å². The summed E-state index contributed by atoms with van der Waals surface area (Å²) in [5.74, 6) is 2.05. The molecule has 1 aliphatic rings. The molecule has 1 aliphatic heterocycles. The number of carbonyl (C=O) groups is 1. The van der Waals surface area contributed by atoms with Crippen LogP contribution in [0.25, 0.3) is 0 Å². The van der Waals surface area contributed by atoms with Crippen molar-refractivity contribution in [3.63, 3.8) is 0 Å². The van der Waals surface area contributed by atoms with Gasteiger partial charge in [-0.1, -0.05) is 30.3 Å². The molecule has 4 heteroatoms. The number of esters is 1. The van der Waals surface area contributed by atoms with Gasteiger partial charge in [0.05, 0.1) is 0 Å². The standard InChI is InChI=1S/C12H14O2S2/c13-11(12-15-7-4-8-16-12)14-9-10-5-2-1-3-6-10/h1-3,5-6,12H,4,7-9H2. The molecule has 1 aromatic carbocycles. The van der Waals surface area contributed by atoms with Crippen LogP contribution in [0.2, 0.25) is 0 Å². The molecule has 0 amide bonds. The molecule has 0 atom stereocenters. The van der Waals surface area contributed by atoms with E-state index in [1.165, 1.54) is 6.42 Å². The molecular formula is C12H14O2S2. The SMILES string of the molecule is O=C(OCc1ccccc1)C1SCCCS1. The van der Waals surface area contributed by atoms with Gasteiger partial charge >= 0.3 is 5.97 Å². The van der Waals surface area contributed by atoms with E-state index in [2.05, 4.69) is 0 Å². The highest BCUT2D eigenvalue weighted by molar-refractivity contribution is 8.18. The first-order chi connectivity index (χ1) is 7.86. The molecular weight excluding hydrogens is 240 g/mol. The van der Waals surface area contributed by atoms with E-state index in [0.29, 0.717) is 6.61 Å². The topological polar surface area (TPSA) is 26.3 Å². The molecule has 0 unspecified atom stereocenters. The molecule has 0 bridgehead atoms. The van der Waals surface area contributed by atoms with E-state index in [1.54, 1.807) is 23.5 Å². The molecule has 16 heavy (non-hydrogen) atoms. The normalized spacial score (nSPS) is 17.0. The van der Waals surface area contributed by atoms with Gasteiger partial charge in [0.25, 0.3) is 0 Å². The Morgan fingerprint density at radius 1 is 1.25 bits per heavy atom. The molecule has 2 rings (SSSR count). The number of thioether (sulfide) groups is 2. The second-order valence-electron chi connectivity index (χ2n) is 3.52. The fourth-order valence-electron chi connectivity index (χ4n) is 1.42. The zero-order chi connectivity index (χ0) is 11.2. The first-order valence-corrected chi connectivity index (χ1v) is 7.40. The first-order valence-electron chi connectivity index (χ1n) is 5.30. The third kappa shape index (κ3) is 3.46. The Balaban J connectivity index is 1.79. The van der Waals surface area contributed by atoms with Crippen molar-refractivity contribution in [1.29, 1.82) is 0 Å². The van der Waals surface area contributed by atoms with Gasteiger partial charge in [-0.15, -0.1) is 23.5 Å². The van der Waals surface area contributed by atoms with Gasteiger partial charge < -0.3 is 4.74 Å². The van der Waals surface area contributed by atoms with Crippen molar-refractivity contribution in [1.82, 2.24) is 0 Å². The lowest BCUT2D eigenvalue weighted by molar-refractivity contribution is -0.142. The highest BCUT2D eigenvalue weighted by atomic mass is 32.2. The first kappa shape index (κ1) is 11.9. The Bertz CT molecular complexity index is 334. The van der Waals surface area contributed by atoms with Gasteiger partial charge in [0.15, 0.2) is 0 Å². The van der Waals surface area contributed by atoms with Gasteiger partial charge in [-0.05, 0) is 23.5 Å². The second kappa shape index (κ2) is 6.21. The lowest BCUT2D eigenvalue weighted by Gasteiger charge is -2.19.